The lowest BCUT2D eigenvalue weighted by molar-refractivity contribution is 0.0664. The molecule has 162 valence electrons. The van der Waals surface area contributed by atoms with Crippen molar-refractivity contribution in [2.45, 2.75) is 32.2 Å². The number of aromatic nitrogens is 2. The lowest BCUT2D eigenvalue weighted by atomic mass is 10.2. The monoisotopic (exact) mass is 411 g/mol. The molecular weight excluding hydrogens is 378 g/mol. The predicted octanol–water partition coefficient (Wildman–Crippen LogP) is 2.51. The van der Waals surface area contributed by atoms with Gasteiger partial charge in [0.1, 0.15) is 5.75 Å². The van der Waals surface area contributed by atoms with Crippen molar-refractivity contribution in [3.63, 3.8) is 0 Å². The van der Waals surface area contributed by atoms with E-state index in [1.807, 2.05) is 35.4 Å². The Labute approximate surface area is 179 Å². The minimum absolute atomic E-state index is 0.0571. The molecule has 2 aromatic rings. The van der Waals surface area contributed by atoms with E-state index in [4.69, 9.17) is 4.74 Å². The third-order valence-electron chi connectivity index (χ3n) is 6.27. The predicted molar refractivity (Wildman–Crippen MR) is 117 cm³/mol. The molecule has 0 bridgehead atoms. The summed E-state index contributed by atoms with van der Waals surface area (Å²) in [5, 5.41) is 4.39. The SMILES string of the molecule is C[C@@H]1CCCN1CCCOc1ccc(-n2cc(C(=O)N3CCN(C)CC3)cn2)cc1. The van der Waals surface area contributed by atoms with Crippen LogP contribution in [0.25, 0.3) is 5.69 Å². The number of benzene rings is 1. The highest BCUT2D eigenvalue weighted by Crippen LogP contribution is 2.18. The standard InChI is InChI=1S/C23H33N5O2/c1-19-5-3-10-26(19)11-4-16-30-22-8-6-21(7-9-22)28-18-20(17-24-28)23(29)27-14-12-25(2)13-15-27/h6-9,17-19H,3-5,10-16H2,1-2H3/t19-/m1/s1. The van der Waals surface area contributed by atoms with Gasteiger partial charge in [-0.05, 0) is 64.0 Å². The largest absolute Gasteiger partial charge is 0.494 e. The highest BCUT2D eigenvalue weighted by atomic mass is 16.5. The number of hydrogen-bond acceptors (Lipinski definition) is 5. The second-order valence-corrected chi connectivity index (χ2v) is 8.49. The van der Waals surface area contributed by atoms with Gasteiger partial charge in [-0.3, -0.25) is 4.79 Å². The van der Waals surface area contributed by atoms with E-state index in [1.165, 1.54) is 19.4 Å². The molecule has 0 saturated carbocycles. The average Bonchev–Trinajstić information content (AvgIpc) is 3.41. The topological polar surface area (TPSA) is 53.8 Å². The molecule has 0 aliphatic carbocycles. The van der Waals surface area contributed by atoms with E-state index in [2.05, 4.69) is 28.9 Å². The van der Waals surface area contributed by atoms with Crippen LogP contribution in [0.3, 0.4) is 0 Å². The van der Waals surface area contributed by atoms with Crippen LogP contribution >= 0.6 is 0 Å². The smallest absolute Gasteiger partial charge is 0.257 e. The molecule has 2 fully saturated rings. The first-order valence-corrected chi connectivity index (χ1v) is 11.1. The number of likely N-dealkylation sites (tertiary alicyclic amines) is 1. The van der Waals surface area contributed by atoms with Crippen molar-refractivity contribution in [2.24, 2.45) is 0 Å². The number of piperazine rings is 1. The van der Waals surface area contributed by atoms with Gasteiger partial charge in [0.15, 0.2) is 0 Å². The van der Waals surface area contributed by atoms with E-state index in [1.54, 1.807) is 10.9 Å². The van der Waals surface area contributed by atoms with Gasteiger partial charge in [0.05, 0.1) is 24.1 Å². The number of carbonyl (C=O) groups is 1. The first-order valence-electron chi connectivity index (χ1n) is 11.1. The van der Waals surface area contributed by atoms with Gasteiger partial charge in [-0.25, -0.2) is 4.68 Å². The van der Waals surface area contributed by atoms with Gasteiger partial charge < -0.3 is 19.4 Å². The second-order valence-electron chi connectivity index (χ2n) is 8.49. The molecule has 3 heterocycles. The van der Waals surface area contributed by atoms with Gasteiger partial charge in [0.25, 0.3) is 5.91 Å². The minimum Gasteiger partial charge on any atom is -0.494 e. The molecule has 1 amide bonds. The quantitative estimate of drug-likeness (QED) is 0.656. The molecule has 4 rings (SSSR count). The summed E-state index contributed by atoms with van der Waals surface area (Å²) in [4.78, 5) is 19.4. The van der Waals surface area contributed by atoms with Crippen LogP contribution in [0.15, 0.2) is 36.7 Å². The maximum atomic E-state index is 12.7. The molecule has 7 heteroatoms. The fourth-order valence-corrected chi connectivity index (χ4v) is 4.24. The van der Waals surface area contributed by atoms with Gasteiger partial charge in [-0.1, -0.05) is 0 Å². The molecule has 0 N–H and O–H groups in total. The molecule has 0 unspecified atom stereocenters. The van der Waals surface area contributed by atoms with Crippen LogP contribution in [0.4, 0.5) is 0 Å². The van der Waals surface area contributed by atoms with Gasteiger partial charge in [-0.2, -0.15) is 5.10 Å². The zero-order chi connectivity index (χ0) is 20.9. The van der Waals surface area contributed by atoms with Crippen molar-refractivity contribution >= 4 is 5.91 Å². The summed E-state index contributed by atoms with van der Waals surface area (Å²) in [7, 11) is 2.08. The Hall–Kier alpha value is -2.38. The minimum atomic E-state index is 0.0571. The van der Waals surface area contributed by atoms with Crippen LogP contribution in [0, 0.1) is 0 Å². The Morgan fingerprint density at radius 1 is 1.13 bits per heavy atom. The fourth-order valence-electron chi connectivity index (χ4n) is 4.24. The van der Waals surface area contributed by atoms with E-state index in [9.17, 15) is 4.79 Å². The number of likely N-dealkylation sites (N-methyl/N-ethyl adjacent to an activating group) is 1. The number of nitrogens with zero attached hydrogens (tertiary/aromatic N) is 5. The Bertz CT molecular complexity index is 826. The molecule has 2 aliphatic heterocycles. The number of rotatable bonds is 7. The third-order valence-corrected chi connectivity index (χ3v) is 6.27. The summed E-state index contributed by atoms with van der Waals surface area (Å²) < 4.78 is 7.65. The maximum absolute atomic E-state index is 12.7. The van der Waals surface area contributed by atoms with Crippen LogP contribution in [0.2, 0.25) is 0 Å². The van der Waals surface area contributed by atoms with Crippen molar-refractivity contribution < 1.29 is 9.53 Å². The first-order chi connectivity index (χ1) is 14.6. The van der Waals surface area contributed by atoms with Gasteiger partial charge in [0, 0.05) is 45.0 Å². The van der Waals surface area contributed by atoms with Crippen molar-refractivity contribution in [1.29, 1.82) is 0 Å². The molecule has 2 aliphatic rings. The summed E-state index contributed by atoms with van der Waals surface area (Å²) in [6.45, 7) is 8.74. The Kier molecular flexibility index (Phi) is 6.69. The normalized spacial score (nSPS) is 20.6. The number of ether oxygens (including phenoxy) is 1. The number of amides is 1. The van der Waals surface area contributed by atoms with Gasteiger partial charge in [-0.15, -0.1) is 0 Å². The van der Waals surface area contributed by atoms with Crippen LogP contribution in [0.1, 0.15) is 36.5 Å². The number of carbonyl (C=O) groups excluding carboxylic acids is 1. The highest BCUT2D eigenvalue weighted by molar-refractivity contribution is 5.93. The molecule has 0 spiro atoms. The van der Waals surface area contributed by atoms with Crippen molar-refractivity contribution in [2.75, 3.05) is 52.9 Å². The van der Waals surface area contributed by atoms with Gasteiger partial charge >= 0.3 is 0 Å². The van der Waals surface area contributed by atoms with E-state index in [0.717, 1.165) is 57.2 Å². The molecular formula is C23H33N5O2. The zero-order valence-corrected chi connectivity index (χ0v) is 18.2. The van der Waals surface area contributed by atoms with E-state index < -0.39 is 0 Å². The van der Waals surface area contributed by atoms with Crippen molar-refractivity contribution in [3.05, 3.63) is 42.2 Å². The maximum Gasteiger partial charge on any atom is 0.257 e. The highest BCUT2D eigenvalue weighted by Gasteiger charge is 2.22. The average molecular weight is 412 g/mol. The molecule has 7 nitrogen and oxygen atoms in total. The molecule has 0 radical (unpaired) electrons. The van der Waals surface area contributed by atoms with Crippen molar-refractivity contribution in [3.8, 4) is 11.4 Å². The Morgan fingerprint density at radius 3 is 2.60 bits per heavy atom. The first kappa shape index (κ1) is 20.9. The summed E-state index contributed by atoms with van der Waals surface area (Å²) in [5.74, 6) is 0.927. The molecule has 30 heavy (non-hydrogen) atoms. The van der Waals surface area contributed by atoms with Crippen LogP contribution in [0.5, 0.6) is 5.75 Å². The zero-order valence-electron chi connectivity index (χ0n) is 18.2. The van der Waals surface area contributed by atoms with Crippen molar-refractivity contribution in [1.82, 2.24) is 24.5 Å². The Morgan fingerprint density at radius 2 is 1.90 bits per heavy atom. The van der Waals surface area contributed by atoms with Crippen LogP contribution < -0.4 is 4.74 Å². The molecule has 2 saturated heterocycles. The van der Waals surface area contributed by atoms with Crippen LogP contribution in [-0.2, 0) is 0 Å². The van der Waals surface area contributed by atoms with Gasteiger partial charge in [0.2, 0.25) is 0 Å². The van der Waals surface area contributed by atoms with E-state index in [0.29, 0.717) is 11.6 Å². The summed E-state index contributed by atoms with van der Waals surface area (Å²) >= 11 is 0. The van der Waals surface area contributed by atoms with E-state index in [-0.39, 0.29) is 5.91 Å². The molecule has 1 aromatic heterocycles. The summed E-state index contributed by atoms with van der Waals surface area (Å²) in [6, 6.07) is 8.62. The second kappa shape index (κ2) is 9.62. The summed E-state index contributed by atoms with van der Waals surface area (Å²) in [5.41, 5.74) is 1.56. The van der Waals surface area contributed by atoms with Crippen LogP contribution in [-0.4, -0.2) is 89.4 Å². The fraction of sp³-hybridized carbons (Fsp3) is 0.565. The molecule has 1 aromatic carbocycles. The van der Waals surface area contributed by atoms with E-state index >= 15 is 0 Å². The number of hydrogen-bond donors (Lipinski definition) is 0. The third kappa shape index (κ3) is 5.02. The lowest BCUT2D eigenvalue weighted by Gasteiger charge is -2.32. The molecule has 1 atom stereocenters. The summed E-state index contributed by atoms with van der Waals surface area (Å²) in [6.07, 6.45) is 7.15. The lowest BCUT2D eigenvalue weighted by Crippen LogP contribution is -2.47. The Balaban J connectivity index is 1.27.